The first-order valence-corrected chi connectivity index (χ1v) is 8.12. The van der Waals surface area contributed by atoms with E-state index in [9.17, 15) is 9.90 Å². The summed E-state index contributed by atoms with van der Waals surface area (Å²) in [4.78, 5) is 15.8. The van der Waals surface area contributed by atoms with Crippen molar-refractivity contribution < 1.29 is 9.90 Å². The normalized spacial score (nSPS) is 16.7. The summed E-state index contributed by atoms with van der Waals surface area (Å²) in [5.74, 6) is 0. The van der Waals surface area contributed by atoms with Crippen molar-refractivity contribution in [3.05, 3.63) is 35.9 Å². The second-order valence-electron chi connectivity index (χ2n) is 6.00. The van der Waals surface area contributed by atoms with Gasteiger partial charge in [0.1, 0.15) is 0 Å². The molecule has 1 aliphatic heterocycles. The Balaban J connectivity index is 1.80. The van der Waals surface area contributed by atoms with Crippen LogP contribution in [0.15, 0.2) is 30.3 Å². The molecule has 22 heavy (non-hydrogen) atoms. The van der Waals surface area contributed by atoms with E-state index in [0.717, 1.165) is 45.6 Å². The van der Waals surface area contributed by atoms with Crippen molar-refractivity contribution in [1.82, 2.24) is 15.1 Å². The summed E-state index contributed by atoms with van der Waals surface area (Å²) in [5, 5.41) is 12.6. The van der Waals surface area contributed by atoms with Crippen LogP contribution in [0.1, 0.15) is 25.3 Å². The van der Waals surface area contributed by atoms with Crippen LogP contribution < -0.4 is 5.32 Å². The Kier molecular flexibility index (Phi) is 6.68. The van der Waals surface area contributed by atoms with Crippen molar-refractivity contribution in [2.24, 2.45) is 0 Å². The van der Waals surface area contributed by atoms with E-state index in [4.69, 9.17) is 0 Å². The molecule has 122 valence electrons. The van der Waals surface area contributed by atoms with Crippen LogP contribution in [0.5, 0.6) is 0 Å². The third-order valence-electron chi connectivity index (χ3n) is 3.84. The Morgan fingerprint density at radius 2 is 2.14 bits per heavy atom. The van der Waals surface area contributed by atoms with Crippen LogP contribution >= 0.6 is 0 Å². The molecule has 2 rings (SSSR count). The molecule has 1 aromatic carbocycles. The highest BCUT2D eigenvalue weighted by atomic mass is 16.3. The maximum Gasteiger partial charge on any atom is 0.317 e. The number of nitrogens with zero attached hydrogens (tertiary/aromatic N) is 2. The molecule has 0 saturated carbocycles. The van der Waals surface area contributed by atoms with Crippen LogP contribution in [0, 0.1) is 0 Å². The fourth-order valence-corrected chi connectivity index (χ4v) is 2.83. The largest absolute Gasteiger partial charge is 0.392 e. The lowest BCUT2D eigenvalue weighted by atomic mass is 10.2. The summed E-state index contributed by atoms with van der Waals surface area (Å²) in [5.41, 5.74) is 1.25. The third kappa shape index (κ3) is 5.66. The van der Waals surface area contributed by atoms with Crippen LogP contribution in [0.4, 0.5) is 4.79 Å². The van der Waals surface area contributed by atoms with E-state index in [1.54, 1.807) is 0 Å². The SMILES string of the molecule is CC(O)CN(CCCN1CCCNC1=O)Cc1ccccc1. The Morgan fingerprint density at radius 1 is 1.36 bits per heavy atom. The number of amides is 2. The van der Waals surface area contributed by atoms with Gasteiger partial charge in [-0.15, -0.1) is 0 Å². The number of carbonyl (C=O) groups is 1. The Labute approximate surface area is 132 Å². The van der Waals surface area contributed by atoms with E-state index in [0.29, 0.717) is 6.54 Å². The van der Waals surface area contributed by atoms with E-state index in [1.165, 1.54) is 5.56 Å². The van der Waals surface area contributed by atoms with Gasteiger partial charge in [0.25, 0.3) is 0 Å². The van der Waals surface area contributed by atoms with E-state index in [1.807, 2.05) is 30.0 Å². The van der Waals surface area contributed by atoms with Gasteiger partial charge in [0.05, 0.1) is 6.10 Å². The van der Waals surface area contributed by atoms with Crippen molar-refractivity contribution in [3.63, 3.8) is 0 Å². The van der Waals surface area contributed by atoms with E-state index < -0.39 is 0 Å². The zero-order valence-electron chi connectivity index (χ0n) is 13.4. The molecule has 0 aliphatic carbocycles. The predicted octanol–water partition coefficient (Wildman–Crippen LogP) is 1.67. The Hall–Kier alpha value is -1.59. The fraction of sp³-hybridized carbons (Fsp3) is 0.588. The monoisotopic (exact) mass is 305 g/mol. The number of benzene rings is 1. The number of rotatable bonds is 8. The molecule has 0 radical (unpaired) electrons. The molecule has 1 aliphatic rings. The first-order valence-electron chi connectivity index (χ1n) is 8.12. The van der Waals surface area contributed by atoms with Gasteiger partial charge < -0.3 is 15.3 Å². The van der Waals surface area contributed by atoms with Gasteiger partial charge in [-0.2, -0.15) is 0 Å². The summed E-state index contributed by atoms with van der Waals surface area (Å²) in [6.07, 6.45) is 1.60. The highest BCUT2D eigenvalue weighted by Crippen LogP contribution is 2.07. The van der Waals surface area contributed by atoms with Crippen molar-refractivity contribution in [1.29, 1.82) is 0 Å². The number of aliphatic hydroxyl groups excluding tert-OH is 1. The van der Waals surface area contributed by atoms with Crippen LogP contribution in [-0.4, -0.2) is 59.8 Å². The highest BCUT2D eigenvalue weighted by molar-refractivity contribution is 5.74. The second kappa shape index (κ2) is 8.76. The van der Waals surface area contributed by atoms with Crippen molar-refractivity contribution in [3.8, 4) is 0 Å². The molecule has 5 heteroatoms. The molecular formula is C17H27N3O2. The van der Waals surface area contributed by atoms with Crippen LogP contribution in [0.2, 0.25) is 0 Å². The van der Waals surface area contributed by atoms with Crippen molar-refractivity contribution in [2.45, 2.75) is 32.4 Å². The van der Waals surface area contributed by atoms with Gasteiger partial charge in [0.2, 0.25) is 0 Å². The van der Waals surface area contributed by atoms with Gasteiger partial charge in [-0.1, -0.05) is 30.3 Å². The number of carbonyl (C=O) groups excluding carboxylic acids is 1. The quantitative estimate of drug-likeness (QED) is 0.768. The number of aliphatic hydroxyl groups is 1. The molecule has 0 bridgehead atoms. The molecule has 2 N–H and O–H groups in total. The molecule has 1 fully saturated rings. The van der Waals surface area contributed by atoms with Crippen LogP contribution in [0.3, 0.4) is 0 Å². The van der Waals surface area contributed by atoms with E-state index in [2.05, 4.69) is 22.3 Å². The molecule has 1 atom stereocenters. The number of hydrogen-bond donors (Lipinski definition) is 2. The Bertz CT molecular complexity index is 450. The maximum atomic E-state index is 11.7. The molecular weight excluding hydrogens is 278 g/mol. The fourth-order valence-electron chi connectivity index (χ4n) is 2.83. The van der Waals surface area contributed by atoms with Crippen LogP contribution in [0.25, 0.3) is 0 Å². The van der Waals surface area contributed by atoms with Crippen LogP contribution in [-0.2, 0) is 6.54 Å². The standard InChI is InChI=1S/C17H27N3O2/c1-15(21)13-19(14-16-7-3-2-4-8-16)10-6-12-20-11-5-9-18-17(20)22/h2-4,7-8,15,21H,5-6,9-14H2,1H3,(H,18,22). The van der Waals surface area contributed by atoms with E-state index in [-0.39, 0.29) is 12.1 Å². The topological polar surface area (TPSA) is 55.8 Å². The average molecular weight is 305 g/mol. The molecule has 1 aromatic rings. The van der Waals surface area contributed by atoms with Gasteiger partial charge in [0.15, 0.2) is 0 Å². The lowest BCUT2D eigenvalue weighted by Crippen LogP contribution is -2.47. The maximum absolute atomic E-state index is 11.7. The summed E-state index contributed by atoms with van der Waals surface area (Å²) in [6, 6.07) is 10.3. The summed E-state index contributed by atoms with van der Waals surface area (Å²) >= 11 is 0. The van der Waals surface area contributed by atoms with Crippen molar-refractivity contribution >= 4 is 6.03 Å². The van der Waals surface area contributed by atoms with Gasteiger partial charge in [-0.05, 0) is 25.3 Å². The smallest absolute Gasteiger partial charge is 0.317 e. The van der Waals surface area contributed by atoms with Crippen molar-refractivity contribution in [2.75, 3.05) is 32.7 Å². The summed E-state index contributed by atoms with van der Waals surface area (Å²) in [6.45, 7) is 6.59. The molecule has 5 nitrogen and oxygen atoms in total. The summed E-state index contributed by atoms with van der Waals surface area (Å²) < 4.78 is 0. The predicted molar refractivity (Wildman–Crippen MR) is 87.6 cm³/mol. The van der Waals surface area contributed by atoms with Gasteiger partial charge in [-0.25, -0.2) is 4.79 Å². The molecule has 1 saturated heterocycles. The molecule has 2 amide bonds. The average Bonchev–Trinajstić information content (AvgIpc) is 2.49. The Morgan fingerprint density at radius 3 is 2.82 bits per heavy atom. The lowest BCUT2D eigenvalue weighted by molar-refractivity contribution is 0.118. The highest BCUT2D eigenvalue weighted by Gasteiger charge is 2.17. The second-order valence-corrected chi connectivity index (χ2v) is 6.00. The third-order valence-corrected chi connectivity index (χ3v) is 3.84. The minimum Gasteiger partial charge on any atom is -0.392 e. The van der Waals surface area contributed by atoms with Gasteiger partial charge >= 0.3 is 6.03 Å². The zero-order valence-corrected chi connectivity index (χ0v) is 13.4. The lowest BCUT2D eigenvalue weighted by Gasteiger charge is -2.29. The number of nitrogens with one attached hydrogen (secondary N) is 1. The minimum absolute atomic E-state index is 0.0522. The number of urea groups is 1. The molecule has 0 aromatic heterocycles. The summed E-state index contributed by atoms with van der Waals surface area (Å²) in [7, 11) is 0. The van der Waals surface area contributed by atoms with Gasteiger partial charge in [-0.3, -0.25) is 4.90 Å². The molecule has 1 unspecified atom stereocenters. The van der Waals surface area contributed by atoms with Gasteiger partial charge in [0, 0.05) is 39.3 Å². The zero-order chi connectivity index (χ0) is 15.8. The minimum atomic E-state index is -0.345. The molecule has 0 spiro atoms. The first kappa shape index (κ1) is 16.8. The number of hydrogen-bond acceptors (Lipinski definition) is 3. The molecule has 1 heterocycles. The van der Waals surface area contributed by atoms with E-state index >= 15 is 0 Å². The first-order chi connectivity index (χ1) is 10.6.